The standard InChI is InChI=1S/C26H44O3.C25H42O4.CH4/c1-6-17-21-13-15(2)9-11-26(21,5)20-10-12-25(4)18(16(3)14-22(27)28)7-8-19(25)23(20)24(17)29;1-5-16-20-13-15(26)8-10-25(20,4)19-9-11-24(3)17(14(2)12-21(27)28)6-7-18(24)22(19)23(16)29;/h15-21,23-24,29H,6-14H2,1-5H3,(H,27,28);14-20,22-23,26,29H,5-13H2,1-4H3,(H,27,28);1H4/t15-,16-,17-,18-,19+,20+,21+,23+,24-,25-,26-;14-,15-,16-,17-,18+,19+,20+,22+,23-,24-,25-;/m11./s1. The molecule has 0 aliphatic heterocycles. The summed E-state index contributed by atoms with van der Waals surface area (Å²) in [6.07, 6.45) is 18.2. The Morgan fingerprint density at radius 2 is 0.915 bits per heavy atom. The van der Waals surface area contributed by atoms with E-state index in [1.165, 1.54) is 44.9 Å². The van der Waals surface area contributed by atoms with Gasteiger partial charge >= 0.3 is 11.9 Å². The molecule has 8 aliphatic carbocycles. The lowest BCUT2D eigenvalue weighted by Crippen LogP contribution is -2.62. The highest BCUT2D eigenvalue weighted by Crippen LogP contribution is 2.71. The van der Waals surface area contributed by atoms with Crippen molar-refractivity contribution < 1.29 is 35.1 Å². The van der Waals surface area contributed by atoms with E-state index in [0.717, 1.165) is 63.7 Å². The lowest BCUT2D eigenvalue weighted by atomic mass is 9.41. The monoisotopic (exact) mass is 827 g/mol. The van der Waals surface area contributed by atoms with Crippen molar-refractivity contribution in [3.05, 3.63) is 0 Å². The first-order valence-corrected chi connectivity index (χ1v) is 24.7. The normalized spacial score (nSPS) is 52.0. The third-order valence-corrected chi connectivity index (χ3v) is 21.6. The predicted molar refractivity (Wildman–Crippen MR) is 236 cm³/mol. The van der Waals surface area contributed by atoms with Crippen LogP contribution in [0.2, 0.25) is 0 Å². The Labute approximate surface area is 360 Å². The van der Waals surface area contributed by atoms with Crippen molar-refractivity contribution in [2.24, 2.45) is 110 Å². The van der Waals surface area contributed by atoms with Crippen molar-refractivity contribution in [3.8, 4) is 0 Å². The maximum absolute atomic E-state index is 11.7. The average Bonchev–Trinajstić information content (AvgIpc) is 3.70. The van der Waals surface area contributed by atoms with E-state index < -0.39 is 11.9 Å². The number of aliphatic carboxylic acids is 2. The number of carboxylic acid groups (broad SMARTS) is 2. The molecule has 0 aromatic carbocycles. The smallest absolute Gasteiger partial charge is 0.303 e. The van der Waals surface area contributed by atoms with E-state index in [-0.39, 0.29) is 66.2 Å². The van der Waals surface area contributed by atoms with Crippen LogP contribution in [0.5, 0.6) is 0 Å². The number of carboxylic acids is 2. The molecule has 5 N–H and O–H groups in total. The minimum Gasteiger partial charge on any atom is -0.481 e. The lowest BCUT2D eigenvalue weighted by Gasteiger charge is -2.65. The van der Waals surface area contributed by atoms with Gasteiger partial charge in [-0.25, -0.2) is 0 Å². The largest absolute Gasteiger partial charge is 0.481 e. The molecule has 7 heteroatoms. The van der Waals surface area contributed by atoms with Crippen LogP contribution >= 0.6 is 0 Å². The van der Waals surface area contributed by atoms with Gasteiger partial charge in [0.2, 0.25) is 0 Å². The summed E-state index contributed by atoms with van der Waals surface area (Å²) >= 11 is 0. The number of hydrogen-bond donors (Lipinski definition) is 5. The van der Waals surface area contributed by atoms with Gasteiger partial charge in [0.15, 0.2) is 0 Å². The highest BCUT2D eigenvalue weighted by Gasteiger charge is 2.66. The number of aliphatic hydroxyl groups excluding tert-OH is 3. The molecule has 0 aromatic rings. The number of fused-ring (bicyclic) bond motifs is 10. The Morgan fingerprint density at radius 1 is 0.542 bits per heavy atom. The van der Waals surface area contributed by atoms with Crippen molar-refractivity contribution in [1.82, 2.24) is 0 Å². The van der Waals surface area contributed by atoms with Gasteiger partial charge in [0.05, 0.1) is 18.3 Å². The summed E-state index contributed by atoms with van der Waals surface area (Å²) in [6, 6.07) is 0. The van der Waals surface area contributed by atoms with Gasteiger partial charge in [-0.1, -0.05) is 89.0 Å². The summed E-state index contributed by atoms with van der Waals surface area (Å²) in [5.41, 5.74) is 0.992. The molecule has 8 saturated carbocycles. The molecule has 0 aromatic heterocycles. The van der Waals surface area contributed by atoms with E-state index in [0.29, 0.717) is 76.9 Å². The fraction of sp³-hybridized carbons (Fsp3) is 0.962. The lowest BCUT2D eigenvalue weighted by molar-refractivity contribution is -0.203. The van der Waals surface area contributed by atoms with Crippen LogP contribution in [0, 0.1) is 110 Å². The number of carbonyl (C=O) groups is 2. The zero-order chi connectivity index (χ0) is 42.3. The third kappa shape index (κ3) is 7.71. The summed E-state index contributed by atoms with van der Waals surface area (Å²) in [6.45, 7) is 21.1. The maximum atomic E-state index is 11.7. The van der Waals surface area contributed by atoms with Crippen LogP contribution in [0.15, 0.2) is 0 Å². The second-order valence-corrected chi connectivity index (χ2v) is 23.8. The van der Waals surface area contributed by atoms with Crippen LogP contribution in [0.3, 0.4) is 0 Å². The van der Waals surface area contributed by atoms with Crippen molar-refractivity contribution in [3.63, 3.8) is 0 Å². The van der Waals surface area contributed by atoms with Crippen LogP contribution < -0.4 is 0 Å². The SMILES string of the molecule is C.CC[C@H]1[C@@H](O)[C@@H]2[C@H](CC[C@]3(C)[C@@H]([C@H](C)CC(=O)O)CC[C@@H]23)[C@@]2(C)CC[C@@H](C)C[C@@H]12.CC[C@H]1[C@@H](O)[C@@H]2[C@H](CC[C@]3(C)[C@@H]([C@H](C)CC(=O)O)CC[C@@H]23)[C@@]2(C)CC[C@@H](O)C[C@@H]12. The molecule has 8 rings (SSSR count). The van der Waals surface area contributed by atoms with Crippen LogP contribution in [0.25, 0.3) is 0 Å². The first kappa shape index (κ1) is 47.3. The Bertz CT molecular complexity index is 1370. The van der Waals surface area contributed by atoms with Crippen LogP contribution in [-0.2, 0) is 9.59 Å². The topological polar surface area (TPSA) is 135 Å². The Kier molecular flexibility index (Phi) is 14.0. The quantitative estimate of drug-likeness (QED) is 0.164. The van der Waals surface area contributed by atoms with Gasteiger partial charge in [-0.3, -0.25) is 9.59 Å². The van der Waals surface area contributed by atoms with Crippen LogP contribution in [-0.4, -0.2) is 55.8 Å². The fourth-order valence-electron chi connectivity index (χ4n) is 18.9. The Balaban J connectivity index is 0.000000195. The Hall–Kier alpha value is -1.18. The molecule has 0 spiro atoms. The molecule has 8 fully saturated rings. The van der Waals surface area contributed by atoms with Gasteiger partial charge in [-0.05, 0) is 194 Å². The van der Waals surface area contributed by atoms with E-state index in [4.69, 9.17) is 0 Å². The van der Waals surface area contributed by atoms with E-state index in [2.05, 4.69) is 62.3 Å². The average molecular weight is 827 g/mol. The van der Waals surface area contributed by atoms with Gasteiger partial charge < -0.3 is 25.5 Å². The third-order valence-electron chi connectivity index (χ3n) is 21.6. The second-order valence-electron chi connectivity index (χ2n) is 23.8. The van der Waals surface area contributed by atoms with Crippen molar-refractivity contribution in [2.75, 3.05) is 0 Å². The zero-order valence-corrected chi connectivity index (χ0v) is 38.2. The minimum atomic E-state index is -0.682. The molecule has 0 bridgehead atoms. The summed E-state index contributed by atoms with van der Waals surface area (Å²) < 4.78 is 0. The molecule has 7 nitrogen and oxygen atoms in total. The predicted octanol–water partition coefficient (Wildman–Crippen LogP) is 11.4. The van der Waals surface area contributed by atoms with Gasteiger partial charge in [-0.2, -0.15) is 0 Å². The molecule has 0 amide bonds. The van der Waals surface area contributed by atoms with Crippen molar-refractivity contribution in [1.29, 1.82) is 0 Å². The molecule has 8 aliphatic rings. The minimum absolute atomic E-state index is 0. The number of aliphatic hydroxyl groups is 3. The first-order valence-electron chi connectivity index (χ1n) is 24.7. The van der Waals surface area contributed by atoms with Crippen LogP contribution in [0.4, 0.5) is 0 Å². The Morgan fingerprint density at radius 3 is 1.32 bits per heavy atom. The van der Waals surface area contributed by atoms with Gasteiger partial charge in [0, 0.05) is 12.8 Å². The van der Waals surface area contributed by atoms with E-state index in [9.17, 15) is 35.1 Å². The second kappa shape index (κ2) is 17.4. The van der Waals surface area contributed by atoms with E-state index in [1.54, 1.807) is 0 Å². The molecule has 340 valence electrons. The fourth-order valence-corrected chi connectivity index (χ4v) is 18.9. The van der Waals surface area contributed by atoms with E-state index >= 15 is 0 Å². The molecular weight excluding hydrogens is 737 g/mol. The highest BCUT2D eigenvalue weighted by molar-refractivity contribution is 5.67. The maximum Gasteiger partial charge on any atom is 0.303 e. The molecule has 0 unspecified atom stereocenters. The van der Waals surface area contributed by atoms with Crippen molar-refractivity contribution in [2.45, 2.75) is 204 Å². The molecule has 22 atom stereocenters. The van der Waals surface area contributed by atoms with Crippen molar-refractivity contribution >= 4 is 11.9 Å². The number of rotatable bonds is 8. The molecule has 0 heterocycles. The van der Waals surface area contributed by atoms with Gasteiger partial charge in [-0.15, -0.1) is 0 Å². The van der Waals surface area contributed by atoms with Gasteiger partial charge in [0.1, 0.15) is 0 Å². The zero-order valence-electron chi connectivity index (χ0n) is 38.2. The molecule has 59 heavy (non-hydrogen) atoms. The number of hydrogen-bond acceptors (Lipinski definition) is 5. The molecule has 0 radical (unpaired) electrons. The highest BCUT2D eigenvalue weighted by atomic mass is 16.4. The molecule has 0 saturated heterocycles. The van der Waals surface area contributed by atoms with E-state index in [1.807, 2.05) is 0 Å². The summed E-state index contributed by atoms with van der Waals surface area (Å²) in [4.78, 5) is 22.7. The molecular formula is C52H90O7. The summed E-state index contributed by atoms with van der Waals surface area (Å²) in [7, 11) is 0. The summed E-state index contributed by atoms with van der Waals surface area (Å²) in [5, 5.41) is 52.5. The van der Waals surface area contributed by atoms with Crippen LogP contribution in [0.1, 0.15) is 185 Å². The van der Waals surface area contributed by atoms with Gasteiger partial charge in [0.25, 0.3) is 0 Å². The first-order chi connectivity index (χ1) is 27.3. The summed E-state index contributed by atoms with van der Waals surface area (Å²) in [5.74, 6) is 5.75.